The molecular formula is C20H35IN4O2. The van der Waals surface area contributed by atoms with Crippen molar-refractivity contribution in [3.63, 3.8) is 0 Å². The van der Waals surface area contributed by atoms with E-state index in [1.165, 1.54) is 5.56 Å². The van der Waals surface area contributed by atoms with E-state index in [-0.39, 0.29) is 36.4 Å². The third kappa shape index (κ3) is 13.5. The summed E-state index contributed by atoms with van der Waals surface area (Å²) in [6, 6.07) is 10.3. The molecule has 0 unspecified atom stereocenters. The third-order valence-corrected chi connectivity index (χ3v) is 3.63. The summed E-state index contributed by atoms with van der Waals surface area (Å²) in [7, 11) is 3.47. The number of rotatable bonds is 11. The molecule has 1 amide bonds. The topological polar surface area (TPSA) is 66.0 Å². The van der Waals surface area contributed by atoms with Gasteiger partial charge in [-0.1, -0.05) is 44.2 Å². The molecule has 0 saturated carbocycles. The SMILES string of the molecule is CC(C)COCCCNC(=NCC(=O)N(C)C)NCCc1ccccc1.I. The quantitative estimate of drug-likeness (QED) is 0.217. The van der Waals surface area contributed by atoms with Crippen molar-refractivity contribution in [2.45, 2.75) is 26.7 Å². The molecule has 7 heteroatoms. The molecule has 27 heavy (non-hydrogen) atoms. The van der Waals surface area contributed by atoms with Crippen LogP contribution in [0.15, 0.2) is 35.3 Å². The van der Waals surface area contributed by atoms with E-state index in [4.69, 9.17) is 4.74 Å². The second-order valence-corrected chi connectivity index (χ2v) is 6.86. The van der Waals surface area contributed by atoms with Gasteiger partial charge in [-0.3, -0.25) is 4.79 Å². The van der Waals surface area contributed by atoms with E-state index < -0.39 is 0 Å². The zero-order valence-electron chi connectivity index (χ0n) is 17.0. The van der Waals surface area contributed by atoms with Crippen molar-refractivity contribution >= 4 is 35.8 Å². The van der Waals surface area contributed by atoms with E-state index >= 15 is 0 Å². The molecule has 0 aliphatic heterocycles. The molecule has 0 radical (unpaired) electrons. The monoisotopic (exact) mass is 490 g/mol. The molecule has 0 fully saturated rings. The Morgan fingerprint density at radius 2 is 1.81 bits per heavy atom. The molecule has 1 rings (SSSR count). The van der Waals surface area contributed by atoms with Crippen LogP contribution in [0.3, 0.4) is 0 Å². The number of halogens is 1. The van der Waals surface area contributed by atoms with Crippen LogP contribution in [-0.4, -0.2) is 63.7 Å². The Morgan fingerprint density at radius 1 is 1.15 bits per heavy atom. The van der Waals surface area contributed by atoms with Gasteiger partial charge in [0, 0.05) is 40.4 Å². The van der Waals surface area contributed by atoms with Crippen molar-refractivity contribution in [2.75, 3.05) is 46.9 Å². The number of guanidine groups is 1. The molecule has 2 N–H and O–H groups in total. The highest BCUT2D eigenvalue weighted by molar-refractivity contribution is 14.0. The predicted molar refractivity (Wildman–Crippen MR) is 123 cm³/mol. The molecular weight excluding hydrogens is 455 g/mol. The van der Waals surface area contributed by atoms with Crippen LogP contribution in [0.1, 0.15) is 25.8 Å². The molecule has 154 valence electrons. The Labute approximate surface area is 181 Å². The minimum atomic E-state index is -0.0190. The standard InChI is InChI=1S/C20H34N4O2.HI/c1-17(2)16-26-14-8-12-21-20(23-15-19(25)24(3)4)22-13-11-18-9-6-5-7-10-18;/h5-7,9-10,17H,8,11-16H2,1-4H3,(H2,21,22,23);1H. The molecule has 0 atom stereocenters. The lowest BCUT2D eigenvalue weighted by Crippen LogP contribution is -2.40. The van der Waals surface area contributed by atoms with E-state index in [1.807, 2.05) is 18.2 Å². The van der Waals surface area contributed by atoms with Crippen LogP contribution < -0.4 is 10.6 Å². The number of carbonyl (C=O) groups is 1. The van der Waals surface area contributed by atoms with Crippen LogP contribution in [0.2, 0.25) is 0 Å². The Morgan fingerprint density at radius 3 is 2.44 bits per heavy atom. The van der Waals surface area contributed by atoms with Crippen molar-refractivity contribution in [1.82, 2.24) is 15.5 Å². The average Bonchev–Trinajstić information content (AvgIpc) is 2.62. The highest BCUT2D eigenvalue weighted by Gasteiger charge is 2.04. The molecule has 1 aromatic rings. The predicted octanol–water partition coefficient (Wildman–Crippen LogP) is 2.53. The maximum atomic E-state index is 11.8. The van der Waals surface area contributed by atoms with Crippen LogP contribution in [-0.2, 0) is 16.0 Å². The summed E-state index contributed by atoms with van der Waals surface area (Å²) in [5.74, 6) is 1.20. The van der Waals surface area contributed by atoms with E-state index in [0.29, 0.717) is 11.9 Å². The number of benzene rings is 1. The molecule has 0 aliphatic rings. The molecule has 0 heterocycles. The summed E-state index contributed by atoms with van der Waals surface area (Å²) >= 11 is 0. The lowest BCUT2D eigenvalue weighted by atomic mass is 10.1. The first-order valence-electron chi connectivity index (χ1n) is 9.33. The highest BCUT2D eigenvalue weighted by Crippen LogP contribution is 1.98. The molecule has 0 aromatic heterocycles. The van der Waals surface area contributed by atoms with Crippen molar-refractivity contribution in [3.8, 4) is 0 Å². The lowest BCUT2D eigenvalue weighted by Gasteiger charge is -2.14. The van der Waals surface area contributed by atoms with Gasteiger partial charge in [-0.25, -0.2) is 4.99 Å². The molecule has 0 spiro atoms. The van der Waals surface area contributed by atoms with Gasteiger partial charge in [-0.2, -0.15) is 0 Å². The number of amides is 1. The number of ether oxygens (including phenoxy) is 1. The maximum absolute atomic E-state index is 11.8. The van der Waals surface area contributed by atoms with Crippen molar-refractivity contribution < 1.29 is 9.53 Å². The van der Waals surface area contributed by atoms with Gasteiger partial charge >= 0.3 is 0 Å². The smallest absolute Gasteiger partial charge is 0.243 e. The van der Waals surface area contributed by atoms with Crippen molar-refractivity contribution in [2.24, 2.45) is 10.9 Å². The van der Waals surface area contributed by atoms with Gasteiger partial charge in [-0.15, -0.1) is 24.0 Å². The van der Waals surface area contributed by atoms with Crippen molar-refractivity contribution in [1.29, 1.82) is 0 Å². The van der Waals surface area contributed by atoms with Crippen LogP contribution >= 0.6 is 24.0 Å². The fourth-order valence-electron chi connectivity index (χ4n) is 2.13. The number of nitrogens with one attached hydrogen (secondary N) is 2. The first-order chi connectivity index (χ1) is 12.5. The number of hydrogen-bond acceptors (Lipinski definition) is 3. The van der Waals surface area contributed by atoms with E-state index in [1.54, 1.807) is 19.0 Å². The number of aliphatic imine (C=N–C) groups is 1. The van der Waals surface area contributed by atoms with E-state index in [0.717, 1.165) is 39.1 Å². The Kier molecular flexibility index (Phi) is 14.9. The van der Waals surface area contributed by atoms with Gasteiger partial charge in [0.25, 0.3) is 0 Å². The zero-order chi connectivity index (χ0) is 19.2. The fourth-order valence-corrected chi connectivity index (χ4v) is 2.13. The van der Waals surface area contributed by atoms with Gasteiger partial charge in [0.15, 0.2) is 5.96 Å². The van der Waals surface area contributed by atoms with Crippen LogP contribution in [0, 0.1) is 5.92 Å². The molecule has 6 nitrogen and oxygen atoms in total. The molecule has 0 bridgehead atoms. The summed E-state index contributed by atoms with van der Waals surface area (Å²) in [6.45, 7) is 7.44. The number of nitrogens with zero attached hydrogens (tertiary/aromatic N) is 2. The largest absolute Gasteiger partial charge is 0.381 e. The van der Waals surface area contributed by atoms with Gasteiger partial charge in [0.1, 0.15) is 6.54 Å². The Hall–Kier alpha value is -1.35. The molecule has 0 saturated heterocycles. The summed E-state index contributed by atoms with van der Waals surface area (Å²) in [5, 5.41) is 6.58. The van der Waals surface area contributed by atoms with Gasteiger partial charge in [0.2, 0.25) is 5.91 Å². The van der Waals surface area contributed by atoms with Crippen LogP contribution in [0.4, 0.5) is 0 Å². The summed E-state index contributed by atoms with van der Waals surface area (Å²) in [4.78, 5) is 17.7. The summed E-state index contributed by atoms with van der Waals surface area (Å²) in [5.41, 5.74) is 1.27. The lowest BCUT2D eigenvalue weighted by molar-refractivity contribution is -0.127. The second-order valence-electron chi connectivity index (χ2n) is 6.86. The molecule has 1 aromatic carbocycles. The zero-order valence-corrected chi connectivity index (χ0v) is 19.4. The van der Waals surface area contributed by atoms with Gasteiger partial charge in [-0.05, 0) is 24.3 Å². The van der Waals surface area contributed by atoms with Gasteiger partial charge in [0.05, 0.1) is 0 Å². The van der Waals surface area contributed by atoms with E-state index in [2.05, 4.69) is 41.6 Å². The first-order valence-corrected chi connectivity index (χ1v) is 9.33. The van der Waals surface area contributed by atoms with E-state index in [9.17, 15) is 4.79 Å². The Balaban J connectivity index is 0.00000676. The summed E-state index contributed by atoms with van der Waals surface area (Å²) < 4.78 is 5.58. The number of hydrogen-bond donors (Lipinski definition) is 2. The average molecular weight is 490 g/mol. The molecule has 0 aliphatic carbocycles. The van der Waals surface area contributed by atoms with Crippen LogP contribution in [0.5, 0.6) is 0 Å². The second kappa shape index (κ2) is 15.7. The maximum Gasteiger partial charge on any atom is 0.243 e. The minimum Gasteiger partial charge on any atom is -0.381 e. The Bertz CT molecular complexity index is 536. The summed E-state index contributed by atoms with van der Waals surface area (Å²) in [6.07, 6.45) is 1.80. The van der Waals surface area contributed by atoms with Crippen LogP contribution in [0.25, 0.3) is 0 Å². The van der Waals surface area contributed by atoms with Gasteiger partial charge < -0.3 is 20.3 Å². The first kappa shape index (κ1) is 25.6. The van der Waals surface area contributed by atoms with Crippen molar-refractivity contribution in [3.05, 3.63) is 35.9 Å². The third-order valence-electron chi connectivity index (χ3n) is 3.63. The fraction of sp³-hybridized carbons (Fsp3) is 0.600. The normalized spacial score (nSPS) is 11.1. The minimum absolute atomic E-state index is 0. The highest BCUT2D eigenvalue weighted by atomic mass is 127. The number of likely N-dealkylation sites (N-methyl/N-ethyl adjacent to an activating group) is 1. The number of carbonyl (C=O) groups excluding carboxylic acids is 1.